The minimum atomic E-state index is -0.358. The molecule has 0 bridgehead atoms. The van der Waals surface area contributed by atoms with Crippen LogP contribution in [0.15, 0.2) is 17.7 Å². The van der Waals surface area contributed by atoms with Gasteiger partial charge in [0.15, 0.2) is 5.75 Å². The van der Waals surface area contributed by atoms with Gasteiger partial charge in [-0.2, -0.15) is 0 Å². The van der Waals surface area contributed by atoms with Gasteiger partial charge in [0.25, 0.3) is 0 Å². The lowest BCUT2D eigenvalue weighted by Crippen LogP contribution is -2.15. The smallest absolute Gasteiger partial charge is 0.333 e. The molecule has 128 valence electrons. The molecule has 0 unspecified atom stereocenters. The fraction of sp³-hybridized carbons (Fsp3) is 0.471. The van der Waals surface area contributed by atoms with Crippen molar-refractivity contribution < 1.29 is 14.3 Å². The first-order valence-electron chi connectivity index (χ1n) is 7.47. The normalized spacial score (nSPS) is 11.7. The van der Waals surface area contributed by atoms with Gasteiger partial charge in [-0.05, 0) is 58.1 Å². The Labute approximate surface area is 148 Å². The van der Waals surface area contributed by atoms with Crippen molar-refractivity contribution in [2.75, 3.05) is 33.9 Å². The van der Waals surface area contributed by atoms with Crippen LogP contribution in [0.4, 0.5) is 0 Å². The van der Waals surface area contributed by atoms with Crippen molar-refractivity contribution in [3.05, 3.63) is 33.3 Å². The molecule has 0 saturated heterocycles. The van der Waals surface area contributed by atoms with Gasteiger partial charge in [0.05, 0.1) is 23.3 Å². The second kappa shape index (κ2) is 9.81. The van der Waals surface area contributed by atoms with Crippen molar-refractivity contribution in [1.29, 1.82) is 0 Å². The van der Waals surface area contributed by atoms with Crippen LogP contribution in [0.1, 0.15) is 25.8 Å². The Kier molecular flexibility index (Phi) is 8.45. The van der Waals surface area contributed by atoms with Gasteiger partial charge in [0, 0.05) is 12.1 Å². The van der Waals surface area contributed by atoms with E-state index in [-0.39, 0.29) is 5.97 Å². The summed E-state index contributed by atoms with van der Waals surface area (Å²) in [5, 5.41) is 0.843. The summed E-state index contributed by atoms with van der Waals surface area (Å²) in [5.74, 6) is 0.113. The molecular formula is C17H23Cl2NO3. The second-order valence-corrected chi connectivity index (χ2v) is 6.18. The molecule has 0 aliphatic heterocycles. The molecule has 6 heteroatoms. The highest BCUT2D eigenvalue weighted by atomic mass is 35.5. The van der Waals surface area contributed by atoms with Crippen molar-refractivity contribution in [3.8, 4) is 5.75 Å². The van der Waals surface area contributed by atoms with Crippen molar-refractivity contribution in [2.24, 2.45) is 0 Å². The molecule has 0 heterocycles. The molecule has 1 aromatic carbocycles. The van der Waals surface area contributed by atoms with Gasteiger partial charge in [-0.1, -0.05) is 23.2 Å². The molecule has 0 aliphatic carbocycles. The number of halogens is 2. The van der Waals surface area contributed by atoms with Gasteiger partial charge in [0.2, 0.25) is 0 Å². The predicted molar refractivity (Wildman–Crippen MR) is 95.4 cm³/mol. The molecule has 0 radical (unpaired) electrons. The standard InChI is InChI=1S/C17H23Cl2NO3/c1-5-22-17(21)12(2)9-13-10-14(18)16(15(19)11-13)23-8-6-7-20(3)4/h9-11H,5-8H2,1-4H3/b12-9+. The van der Waals surface area contributed by atoms with E-state index >= 15 is 0 Å². The van der Waals surface area contributed by atoms with Gasteiger partial charge in [0.1, 0.15) is 0 Å². The molecule has 0 fully saturated rings. The van der Waals surface area contributed by atoms with Crippen LogP contribution in [0.5, 0.6) is 5.75 Å². The molecule has 23 heavy (non-hydrogen) atoms. The molecule has 0 aliphatic rings. The van der Waals surface area contributed by atoms with E-state index in [2.05, 4.69) is 4.90 Å². The highest BCUT2D eigenvalue weighted by Gasteiger charge is 2.11. The van der Waals surface area contributed by atoms with E-state index in [9.17, 15) is 4.79 Å². The van der Waals surface area contributed by atoms with E-state index < -0.39 is 0 Å². The maximum atomic E-state index is 11.6. The number of ether oxygens (including phenoxy) is 2. The fourth-order valence-electron chi connectivity index (χ4n) is 1.91. The third-order valence-electron chi connectivity index (χ3n) is 3.00. The fourth-order valence-corrected chi connectivity index (χ4v) is 2.52. The predicted octanol–water partition coefficient (Wildman–Crippen LogP) is 4.29. The molecule has 0 N–H and O–H groups in total. The molecule has 0 amide bonds. The van der Waals surface area contributed by atoms with Crippen molar-refractivity contribution in [1.82, 2.24) is 4.90 Å². The molecule has 0 atom stereocenters. The third kappa shape index (κ3) is 6.81. The molecular weight excluding hydrogens is 337 g/mol. The zero-order valence-electron chi connectivity index (χ0n) is 14.0. The summed E-state index contributed by atoms with van der Waals surface area (Å²) < 4.78 is 10.6. The van der Waals surface area contributed by atoms with E-state index in [0.29, 0.717) is 34.6 Å². The van der Waals surface area contributed by atoms with Crippen LogP contribution in [0.3, 0.4) is 0 Å². The maximum absolute atomic E-state index is 11.6. The van der Waals surface area contributed by atoms with Crippen LogP contribution in [0, 0.1) is 0 Å². The van der Waals surface area contributed by atoms with E-state index in [0.717, 1.165) is 18.5 Å². The Morgan fingerprint density at radius 1 is 1.26 bits per heavy atom. The summed E-state index contributed by atoms with van der Waals surface area (Å²) in [6.07, 6.45) is 2.56. The Hall–Kier alpha value is -1.23. The number of hydrogen-bond acceptors (Lipinski definition) is 4. The monoisotopic (exact) mass is 359 g/mol. The number of carbonyl (C=O) groups is 1. The molecule has 4 nitrogen and oxygen atoms in total. The topological polar surface area (TPSA) is 38.8 Å². The molecule has 0 aromatic heterocycles. The minimum Gasteiger partial charge on any atom is -0.490 e. The highest BCUT2D eigenvalue weighted by Crippen LogP contribution is 2.35. The quantitative estimate of drug-likeness (QED) is 0.394. The number of carbonyl (C=O) groups excluding carboxylic acids is 1. The number of hydrogen-bond donors (Lipinski definition) is 0. The summed E-state index contributed by atoms with van der Waals surface area (Å²) in [6.45, 7) is 5.25. The van der Waals surface area contributed by atoms with Crippen LogP contribution < -0.4 is 4.74 Å². The second-order valence-electron chi connectivity index (χ2n) is 5.37. The molecule has 0 saturated carbocycles. The molecule has 1 aromatic rings. The van der Waals surface area contributed by atoms with Crippen LogP contribution in [-0.2, 0) is 9.53 Å². The summed E-state index contributed by atoms with van der Waals surface area (Å²) >= 11 is 12.5. The van der Waals surface area contributed by atoms with Crippen molar-refractivity contribution >= 4 is 35.2 Å². The number of esters is 1. The Balaban J connectivity index is 2.80. The van der Waals surface area contributed by atoms with Gasteiger partial charge in [-0.25, -0.2) is 4.79 Å². The first-order chi connectivity index (χ1) is 10.8. The minimum absolute atomic E-state index is 0.339. The SMILES string of the molecule is CCOC(=O)/C(C)=C/c1cc(Cl)c(OCCCN(C)C)c(Cl)c1. The average molecular weight is 360 g/mol. The summed E-state index contributed by atoms with van der Waals surface area (Å²) in [6, 6.07) is 3.44. The van der Waals surface area contributed by atoms with E-state index in [1.807, 2.05) is 14.1 Å². The zero-order chi connectivity index (χ0) is 17.4. The molecule has 0 spiro atoms. The summed E-state index contributed by atoms with van der Waals surface area (Å²) in [7, 11) is 4.01. The third-order valence-corrected chi connectivity index (χ3v) is 3.56. The van der Waals surface area contributed by atoms with Crippen LogP contribution >= 0.6 is 23.2 Å². The first kappa shape index (κ1) is 19.8. The molecule has 1 rings (SSSR count). The number of nitrogens with zero attached hydrogens (tertiary/aromatic N) is 1. The number of rotatable bonds is 8. The lowest BCUT2D eigenvalue weighted by Gasteiger charge is -2.13. The van der Waals surface area contributed by atoms with E-state index in [1.165, 1.54) is 0 Å². The van der Waals surface area contributed by atoms with Gasteiger partial charge < -0.3 is 14.4 Å². The Morgan fingerprint density at radius 3 is 2.39 bits per heavy atom. The first-order valence-corrected chi connectivity index (χ1v) is 8.22. The lowest BCUT2D eigenvalue weighted by molar-refractivity contribution is -0.138. The lowest BCUT2D eigenvalue weighted by atomic mass is 10.1. The Bertz CT molecular complexity index is 548. The Morgan fingerprint density at radius 2 is 1.87 bits per heavy atom. The zero-order valence-corrected chi connectivity index (χ0v) is 15.5. The average Bonchev–Trinajstić information content (AvgIpc) is 2.45. The van der Waals surface area contributed by atoms with Crippen molar-refractivity contribution in [2.45, 2.75) is 20.3 Å². The van der Waals surface area contributed by atoms with Crippen molar-refractivity contribution in [3.63, 3.8) is 0 Å². The van der Waals surface area contributed by atoms with E-state index in [1.54, 1.807) is 32.1 Å². The number of benzene rings is 1. The van der Waals surface area contributed by atoms with Crippen LogP contribution in [-0.4, -0.2) is 44.7 Å². The van der Waals surface area contributed by atoms with Crippen LogP contribution in [0.25, 0.3) is 6.08 Å². The summed E-state index contributed by atoms with van der Waals surface area (Å²) in [5.41, 5.74) is 1.21. The summed E-state index contributed by atoms with van der Waals surface area (Å²) in [4.78, 5) is 13.7. The van der Waals surface area contributed by atoms with Gasteiger partial charge >= 0.3 is 5.97 Å². The van der Waals surface area contributed by atoms with E-state index in [4.69, 9.17) is 32.7 Å². The van der Waals surface area contributed by atoms with Gasteiger partial charge in [-0.15, -0.1) is 0 Å². The maximum Gasteiger partial charge on any atom is 0.333 e. The van der Waals surface area contributed by atoms with Crippen LogP contribution in [0.2, 0.25) is 10.0 Å². The largest absolute Gasteiger partial charge is 0.490 e. The van der Waals surface area contributed by atoms with Gasteiger partial charge in [-0.3, -0.25) is 0 Å². The highest BCUT2D eigenvalue weighted by molar-refractivity contribution is 6.37.